The number of rotatable bonds is 1. The molecule has 3 rings (SSSR count). The van der Waals surface area contributed by atoms with Crippen molar-refractivity contribution in [1.82, 2.24) is 23.7 Å². The van der Waals surface area contributed by atoms with Gasteiger partial charge in [0.1, 0.15) is 16.7 Å². The highest BCUT2D eigenvalue weighted by Crippen LogP contribution is 2.34. The van der Waals surface area contributed by atoms with Crippen LogP contribution in [-0.4, -0.2) is 23.7 Å². The Bertz CT molecular complexity index is 785. The zero-order chi connectivity index (χ0) is 14.5. The number of nitrogen functional groups attached to an aromatic ring is 1. The van der Waals surface area contributed by atoms with Gasteiger partial charge in [-0.15, -0.1) is 5.10 Å². The second-order valence-electron chi connectivity index (χ2n) is 5.51. The smallest absolute Gasteiger partial charge is 0.170 e. The van der Waals surface area contributed by atoms with Gasteiger partial charge in [0.25, 0.3) is 0 Å². The molecule has 6 nitrogen and oxygen atoms in total. The summed E-state index contributed by atoms with van der Waals surface area (Å²) in [6.07, 6.45) is 0. The van der Waals surface area contributed by atoms with Crippen LogP contribution in [0.4, 0.5) is 5.82 Å². The lowest BCUT2D eigenvalue weighted by Crippen LogP contribution is -2.19. The normalized spacial score (nSPS) is 12.2. The van der Waals surface area contributed by atoms with Gasteiger partial charge in [-0.2, -0.15) is 8.75 Å². The lowest BCUT2D eigenvalue weighted by Gasteiger charge is -2.20. The van der Waals surface area contributed by atoms with E-state index < -0.39 is 0 Å². The highest BCUT2D eigenvalue weighted by atomic mass is 35.5. The lowest BCUT2D eigenvalue weighted by atomic mass is 9.91. The molecule has 0 spiro atoms. The number of benzene rings is 1. The average molecular weight is 309 g/mol. The molecule has 0 atom stereocenters. The zero-order valence-electron chi connectivity index (χ0n) is 11.3. The molecule has 0 radical (unpaired) electrons. The lowest BCUT2D eigenvalue weighted by molar-refractivity contribution is 0.545. The van der Waals surface area contributed by atoms with Crippen molar-refractivity contribution in [3.63, 3.8) is 0 Å². The highest BCUT2D eigenvalue weighted by molar-refractivity contribution is 7.00. The van der Waals surface area contributed by atoms with Crippen molar-refractivity contribution < 1.29 is 0 Å². The van der Waals surface area contributed by atoms with Crippen molar-refractivity contribution in [1.29, 1.82) is 0 Å². The molecule has 0 saturated heterocycles. The third kappa shape index (κ3) is 1.94. The number of fused-ring (bicyclic) bond motifs is 1. The molecule has 3 aromatic rings. The van der Waals surface area contributed by atoms with E-state index in [9.17, 15) is 0 Å². The molecular formula is C12H13ClN6S. The van der Waals surface area contributed by atoms with E-state index in [0.29, 0.717) is 22.0 Å². The molecule has 0 aliphatic heterocycles. The van der Waals surface area contributed by atoms with Gasteiger partial charge in [-0.1, -0.05) is 37.6 Å². The Morgan fingerprint density at radius 1 is 1.25 bits per heavy atom. The minimum atomic E-state index is -0.220. The Balaban J connectivity index is 2.38. The van der Waals surface area contributed by atoms with Gasteiger partial charge in [-0.3, -0.25) is 0 Å². The largest absolute Gasteiger partial charge is 0.381 e. The Hall–Kier alpha value is -1.73. The van der Waals surface area contributed by atoms with Gasteiger partial charge < -0.3 is 5.73 Å². The summed E-state index contributed by atoms with van der Waals surface area (Å²) >= 11 is 7.47. The van der Waals surface area contributed by atoms with Crippen molar-refractivity contribution >= 4 is 40.2 Å². The molecule has 2 aromatic heterocycles. The van der Waals surface area contributed by atoms with E-state index in [1.54, 1.807) is 10.7 Å². The molecule has 0 bridgehead atoms. The predicted molar refractivity (Wildman–Crippen MR) is 80.5 cm³/mol. The summed E-state index contributed by atoms with van der Waals surface area (Å²) in [5.41, 5.74) is 8.71. The van der Waals surface area contributed by atoms with Crippen molar-refractivity contribution in [3.05, 3.63) is 22.8 Å². The second-order valence-corrected chi connectivity index (χ2v) is 6.45. The summed E-state index contributed by atoms with van der Waals surface area (Å²) in [5, 5.41) is 8.66. The SMILES string of the molecule is CC(C)(C)c1c(N)nnn1-c1c(Cl)ccc2nsnc12. The Morgan fingerprint density at radius 2 is 2.00 bits per heavy atom. The highest BCUT2D eigenvalue weighted by Gasteiger charge is 2.27. The molecule has 0 saturated carbocycles. The third-order valence-electron chi connectivity index (χ3n) is 2.97. The standard InChI is InChI=1S/C12H13ClN6S/c1-12(2,3)10-11(14)15-18-19(10)9-6(13)4-5-7-8(9)17-20-16-7/h4-5H,14H2,1-3H3. The first-order chi connectivity index (χ1) is 9.39. The minimum absolute atomic E-state index is 0.220. The van der Waals surface area contributed by atoms with Crippen LogP contribution in [0.15, 0.2) is 12.1 Å². The topological polar surface area (TPSA) is 82.5 Å². The van der Waals surface area contributed by atoms with Crippen molar-refractivity contribution in [2.45, 2.75) is 26.2 Å². The first kappa shape index (κ1) is 13.3. The summed E-state index contributed by atoms with van der Waals surface area (Å²) in [5.74, 6) is 0.397. The Kier molecular flexibility index (Phi) is 2.91. The zero-order valence-corrected chi connectivity index (χ0v) is 12.8. The van der Waals surface area contributed by atoms with E-state index in [4.69, 9.17) is 17.3 Å². The molecule has 104 valence electrons. The Labute approximate surface area is 124 Å². The van der Waals surface area contributed by atoms with Crippen LogP contribution in [0.2, 0.25) is 5.02 Å². The molecule has 0 fully saturated rings. The molecule has 2 heterocycles. The molecule has 0 amide bonds. The fourth-order valence-electron chi connectivity index (χ4n) is 2.17. The van der Waals surface area contributed by atoms with Crippen LogP contribution < -0.4 is 5.73 Å². The van der Waals surface area contributed by atoms with E-state index in [1.807, 2.05) is 26.8 Å². The maximum absolute atomic E-state index is 6.33. The van der Waals surface area contributed by atoms with Gasteiger partial charge in [0.2, 0.25) is 0 Å². The first-order valence-corrected chi connectivity index (χ1v) is 7.13. The van der Waals surface area contributed by atoms with Gasteiger partial charge >= 0.3 is 0 Å². The van der Waals surface area contributed by atoms with Gasteiger partial charge in [0.15, 0.2) is 5.82 Å². The number of halogens is 1. The second kappa shape index (κ2) is 4.39. The summed E-state index contributed by atoms with van der Waals surface area (Å²) in [6, 6.07) is 3.62. The molecule has 1 aromatic carbocycles. The third-order valence-corrected chi connectivity index (χ3v) is 3.82. The maximum Gasteiger partial charge on any atom is 0.170 e. The summed E-state index contributed by atoms with van der Waals surface area (Å²) in [7, 11) is 0. The predicted octanol–water partition coefficient (Wildman–Crippen LogP) is 2.81. The quantitative estimate of drug-likeness (QED) is 0.747. The van der Waals surface area contributed by atoms with Gasteiger partial charge in [0.05, 0.1) is 22.4 Å². The molecular weight excluding hydrogens is 296 g/mol. The van der Waals surface area contributed by atoms with Gasteiger partial charge in [-0.25, -0.2) is 4.68 Å². The summed E-state index contributed by atoms with van der Waals surface area (Å²) in [6.45, 7) is 6.14. The van der Waals surface area contributed by atoms with Crippen molar-refractivity contribution in [3.8, 4) is 5.69 Å². The average Bonchev–Trinajstić information content (AvgIpc) is 2.94. The van der Waals surface area contributed by atoms with Crippen LogP contribution >= 0.6 is 23.3 Å². The Morgan fingerprint density at radius 3 is 2.70 bits per heavy atom. The van der Waals surface area contributed by atoms with Crippen molar-refractivity contribution in [2.24, 2.45) is 0 Å². The van der Waals surface area contributed by atoms with E-state index >= 15 is 0 Å². The molecule has 2 N–H and O–H groups in total. The summed E-state index contributed by atoms with van der Waals surface area (Å²) in [4.78, 5) is 0. The molecule has 0 aliphatic carbocycles. The number of hydrogen-bond acceptors (Lipinski definition) is 6. The molecule has 20 heavy (non-hydrogen) atoms. The van der Waals surface area contributed by atoms with Crippen LogP contribution in [0.25, 0.3) is 16.7 Å². The maximum atomic E-state index is 6.33. The fraction of sp³-hybridized carbons (Fsp3) is 0.333. The van der Waals surface area contributed by atoms with Crippen LogP contribution in [0, 0.1) is 0 Å². The number of nitrogens with zero attached hydrogens (tertiary/aromatic N) is 5. The van der Waals surface area contributed by atoms with Gasteiger partial charge in [-0.05, 0) is 12.1 Å². The first-order valence-electron chi connectivity index (χ1n) is 6.02. The van der Waals surface area contributed by atoms with E-state index in [1.165, 1.54) is 0 Å². The number of hydrogen-bond donors (Lipinski definition) is 1. The number of aromatic nitrogens is 5. The van der Waals surface area contributed by atoms with Crippen LogP contribution in [0.5, 0.6) is 0 Å². The fourth-order valence-corrected chi connectivity index (χ4v) is 2.94. The van der Waals surface area contributed by atoms with Gasteiger partial charge in [0, 0.05) is 5.41 Å². The molecule has 0 aliphatic rings. The molecule has 0 unspecified atom stereocenters. The van der Waals surface area contributed by atoms with Crippen LogP contribution in [0.3, 0.4) is 0 Å². The van der Waals surface area contributed by atoms with E-state index in [2.05, 4.69) is 19.1 Å². The molecule has 8 heteroatoms. The van der Waals surface area contributed by atoms with E-state index in [-0.39, 0.29) is 5.41 Å². The van der Waals surface area contributed by atoms with E-state index in [0.717, 1.165) is 22.9 Å². The minimum Gasteiger partial charge on any atom is -0.381 e. The van der Waals surface area contributed by atoms with Crippen LogP contribution in [0.1, 0.15) is 26.5 Å². The number of anilines is 1. The number of nitrogens with two attached hydrogens (primary N) is 1. The monoisotopic (exact) mass is 308 g/mol. The van der Waals surface area contributed by atoms with Crippen LogP contribution in [-0.2, 0) is 5.41 Å². The van der Waals surface area contributed by atoms with Crippen molar-refractivity contribution in [2.75, 3.05) is 5.73 Å². The summed E-state index contributed by atoms with van der Waals surface area (Å²) < 4.78 is 10.2.